The smallest absolute Gasteiger partial charge is 0.242 e. The quantitative estimate of drug-likeness (QED) is 0.363. The molecule has 0 atom stereocenters. The molecule has 0 aromatic carbocycles. The Morgan fingerprint density at radius 3 is 2.46 bits per heavy atom. The average molecular weight is 501 g/mol. The van der Waals surface area contributed by atoms with Crippen LogP contribution in [0.1, 0.15) is 39.0 Å². The van der Waals surface area contributed by atoms with Gasteiger partial charge < -0.3 is 20.4 Å². The van der Waals surface area contributed by atoms with Crippen molar-refractivity contribution in [3.05, 3.63) is 18.5 Å². The van der Waals surface area contributed by atoms with E-state index >= 15 is 0 Å². The van der Waals surface area contributed by atoms with E-state index in [0.29, 0.717) is 6.04 Å². The minimum Gasteiger partial charge on any atom is -0.357 e. The van der Waals surface area contributed by atoms with E-state index < -0.39 is 0 Å². The van der Waals surface area contributed by atoms with Gasteiger partial charge in [0.2, 0.25) is 11.9 Å². The molecule has 8 nitrogen and oxygen atoms in total. The molecule has 1 aliphatic carbocycles. The van der Waals surface area contributed by atoms with Crippen molar-refractivity contribution < 1.29 is 4.79 Å². The number of nitrogens with zero attached hydrogens (tertiary/aromatic N) is 5. The summed E-state index contributed by atoms with van der Waals surface area (Å²) in [5.74, 6) is 1.60. The van der Waals surface area contributed by atoms with E-state index in [1.165, 1.54) is 19.3 Å². The summed E-state index contributed by atoms with van der Waals surface area (Å²) in [7, 11) is 0. The fourth-order valence-corrected chi connectivity index (χ4v) is 3.67. The molecule has 2 N–H and O–H groups in total. The van der Waals surface area contributed by atoms with Gasteiger partial charge >= 0.3 is 0 Å². The van der Waals surface area contributed by atoms with Crippen LogP contribution in [-0.4, -0.2) is 72.0 Å². The summed E-state index contributed by atoms with van der Waals surface area (Å²) >= 11 is 0. The van der Waals surface area contributed by atoms with E-state index in [0.717, 1.165) is 57.5 Å². The number of piperazine rings is 1. The van der Waals surface area contributed by atoms with Crippen LogP contribution in [0.5, 0.6) is 0 Å². The van der Waals surface area contributed by atoms with Crippen molar-refractivity contribution in [2.24, 2.45) is 4.99 Å². The third-order valence-electron chi connectivity index (χ3n) is 5.09. The molecule has 1 aliphatic heterocycles. The third kappa shape index (κ3) is 6.75. The van der Waals surface area contributed by atoms with Crippen LogP contribution in [0.15, 0.2) is 23.5 Å². The standard InChI is InChI=1S/C19H31N7O.HI/c1-2-20-18(23-15-17(27)24-16-7-4-3-5-8-16)25-11-13-26(14-12-25)19-21-9-6-10-22-19;/h6,9-10,16H,2-5,7-8,11-15H2,1H3,(H,20,23)(H,24,27);1H. The number of aromatic nitrogens is 2. The topological polar surface area (TPSA) is 85.8 Å². The summed E-state index contributed by atoms with van der Waals surface area (Å²) in [6, 6.07) is 2.16. The number of halogens is 1. The van der Waals surface area contributed by atoms with E-state index in [1.807, 2.05) is 13.0 Å². The molecule has 1 aromatic heterocycles. The number of carbonyl (C=O) groups excluding carboxylic acids is 1. The van der Waals surface area contributed by atoms with Gasteiger partial charge in [-0.25, -0.2) is 15.0 Å². The number of anilines is 1. The van der Waals surface area contributed by atoms with E-state index in [2.05, 4.69) is 35.4 Å². The number of rotatable bonds is 5. The number of carbonyl (C=O) groups is 1. The molecule has 156 valence electrons. The predicted octanol–water partition coefficient (Wildman–Crippen LogP) is 1.63. The Labute approximate surface area is 184 Å². The lowest BCUT2D eigenvalue weighted by atomic mass is 9.95. The number of amides is 1. The van der Waals surface area contributed by atoms with Gasteiger partial charge in [-0.15, -0.1) is 24.0 Å². The fraction of sp³-hybridized carbons (Fsp3) is 0.684. The van der Waals surface area contributed by atoms with Gasteiger partial charge in [0, 0.05) is 51.2 Å². The van der Waals surface area contributed by atoms with Gasteiger partial charge in [-0.3, -0.25) is 4.79 Å². The summed E-state index contributed by atoms with van der Waals surface area (Å²) in [6.07, 6.45) is 9.45. The molecule has 0 bridgehead atoms. The minimum atomic E-state index is 0. The first-order valence-electron chi connectivity index (χ1n) is 10.1. The lowest BCUT2D eigenvalue weighted by Crippen LogP contribution is -2.53. The van der Waals surface area contributed by atoms with Crippen LogP contribution < -0.4 is 15.5 Å². The minimum absolute atomic E-state index is 0. The summed E-state index contributed by atoms with van der Waals surface area (Å²) in [4.78, 5) is 29.8. The lowest BCUT2D eigenvalue weighted by molar-refractivity contribution is -0.120. The number of aliphatic imine (C=N–C) groups is 1. The van der Waals surface area contributed by atoms with Crippen molar-refractivity contribution in [2.45, 2.75) is 45.1 Å². The number of nitrogens with one attached hydrogen (secondary N) is 2. The van der Waals surface area contributed by atoms with Crippen molar-refractivity contribution in [2.75, 3.05) is 44.2 Å². The first-order valence-corrected chi connectivity index (χ1v) is 10.1. The number of hydrogen-bond donors (Lipinski definition) is 2. The van der Waals surface area contributed by atoms with Crippen molar-refractivity contribution >= 4 is 41.8 Å². The van der Waals surface area contributed by atoms with Crippen LogP contribution in [0.3, 0.4) is 0 Å². The molecule has 1 aromatic rings. The highest BCUT2D eigenvalue weighted by atomic mass is 127. The maximum absolute atomic E-state index is 12.3. The summed E-state index contributed by atoms with van der Waals surface area (Å²) in [5, 5.41) is 6.44. The molecular formula is C19H32IN7O. The Bertz CT molecular complexity index is 614. The molecule has 3 rings (SSSR count). The Hall–Kier alpha value is -1.65. The SMILES string of the molecule is CCNC(=NCC(=O)NC1CCCCC1)N1CCN(c2ncccn2)CC1.I. The Balaban J connectivity index is 0.00000280. The predicted molar refractivity (Wildman–Crippen MR) is 122 cm³/mol. The van der Waals surface area contributed by atoms with Crippen LogP contribution in [0.25, 0.3) is 0 Å². The van der Waals surface area contributed by atoms with Gasteiger partial charge in [0.25, 0.3) is 0 Å². The molecule has 2 aliphatic rings. The molecule has 2 fully saturated rings. The van der Waals surface area contributed by atoms with Gasteiger partial charge in [-0.1, -0.05) is 19.3 Å². The highest BCUT2D eigenvalue weighted by Gasteiger charge is 2.21. The van der Waals surface area contributed by atoms with Crippen molar-refractivity contribution in [3.63, 3.8) is 0 Å². The molecule has 0 radical (unpaired) electrons. The molecule has 9 heteroatoms. The number of hydrogen-bond acceptors (Lipinski definition) is 5. The zero-order valence-electron chi connectivity index (χ0n) is 16.6. The molecule has 0 unspecified atom stereocenters. The van der Waals surface area contributed by atoms with Crippen LogP contribution >= 0.6 is 24.0 Å². The van der Waals surface area contributed by atoms with E-state index in [4.69, 9.17) is 0 Å². The normalized spacial score (nSPS) is 18.4. The van der Waals surface area contributed by atoms with E-state index in [1.54, 1.807) is 12.4 Å². The first kappa shape index (κ1) is 22.6. The zero-order chi connectivity index (χ0) is 18.9. The second-order valence-corrected chi connectivity index (χ2v) is 7.10. The van der Waals surface area contributed by atoms with Gasteiger partial charge in [-0.05, 0) is 25.8 Å². The van der Waals surface area contributed by atoms with Crippen molar-refractivity contribution in [1.82, 2.24) is 25.5 Å². The largest absolute Gasteiger partial charge is 0.357 e. The first-order chi connectivity index (χ1) is 13.3. The lowest BCUT2D eigenvalue weighted by Gasteiger charge is -2.36. The third-order valence-corrected chi connectivity index (χ3v) is 5.09. The van der Waals surface area contributed by atoms with E-state index in [9.17, 15) is 4.79 Å². The highest BCUT2D eigenvalue weighted by Crippen LogP contribution is 2.17. The summed E-state index contributed by atoms with van der Waals surface area (Å²) in [6.45, 7) is 6.34. The Morgan fingerprint density at radius 2 is 1.82 bits per heavy atom. The van der Waals surface area contributed by atoms with Crippen molar-refractivity contribution in [1.29, 1.82) is 0 Å². The molecule has 1 saturated carbocycles. The van der Waals surface area contributed by atoms with Crippen LogP contribution in [0.2, 0.25) is 0 Å². The van der Waals surface area contributed by atoms with Gasteiger partial charge in [0.05, 0.1) is 0 Å². The Morgan fingerprint density at radius 1 is 1.14 bits per heavy atom. The highest BCUT2D eigenvalue weighted by molar-refractivity contribution is 14.0. The van der Waals surface area contributed by atoms with Crippen LogP contribution in [0.4, 0.5) is 5.95 Å². The molecule has 1 saturated heterocycles. The molecule has 1 amide bonds. The zero-order valence-corrected chi connectivity index (χ0v) is 19.0. The monoisotopic (exact) mass is 501 g/mol. The maximum atomic E-state index is 12.3. The van der Waals surface area contributed by atoms with Crippen LogP contribution in [-0.2, 0) is 4.79 Å². The summed E-state index contributed by atoms with van der Waals surface area (Å²) in [5.41, 5.74) is 0. The second kappa shape index (κ2) is 12.0. The average Bonchev–Trinajstić information content (AvgIpc) is 2.73. The Kier molecular flexibility index (Phi) is 9.72. The second-order valence-electron chi connectivity index (χ2n) is 7.10. The van der Waals surface area contributed by atoms with Crippen LogP contribution in [0, 0.1) is 0 Å². The number of guanidine groups is 1. The fourth-order valence-electron chi connectivity index (χ4n) is 3.67. The van der Waals surface area contributed by atoms with E-state index in [-0.39, 0.29) is 36.4 Å². The maximum Gasteiger partial charge on any atom is 0.242 e. The van der Waals surface area contributed by atoms with Gasteiger partial charge in [-0.2, -0.15) is 0 Å². The van der Waals surface area contributed by atoms with Gasteiger partial charge in [0.15, 0.2) is 5.96 Å². The molecule has 28 heavy (non-hydrogen) atoms. The molecular weight excluding hydrogens is 469 g/mol. The molecule has 2 heterocycles. The molecule has 0 spiro atoms. The summed E-state index contributed by atoms with van der Waals surface area (Å²) < 4.78 is 0. The van der Waals surface area contributed by atoms with Gasteiger partial charge in [0.1, 0.15) is 6.54 Å². The van der Waals surface area contributed by atoms with Crippen molar-refractivity contribution in [3.8, 4) is 0 Å².